The highest BCUT2D eigenvalue weighted by Gasteiger charge is 2.20. The highest BCUT2D eigenvalue weighted by atomic mass is 35.5. The van der Waals surface area contributed by atoms with E-state index >= 15 is 0 Å². The summed E-state index contributed by atoms with van der Waals surface area (Å²) in [6.07, 6.45) is 2.65. The summed E-state index contributed by atoms with van der Waals surface area (Å²) in [6, 6.07) is 17.4. The minimum absolute atomic E-state index is 0.739. The van der Waals surface area contributed by atoms with Gasteiger partial charge in [0.15, 0.2) is 0 Å². The van der Waals surface area contributed by atoms with E-state index in [-0.39, 0.29) is 0 Å². The molecule has 0 bridgehead atoms. The van der Waals surface area contributed by atoms with Crippen molar-refractivity contribution in [3.63, 3.8) is 0 Å². The van der Waals surface area contributed by atoms with E-state index < -0.39 is 0 Å². The third-order valence-electron chi connectivity index (χ3n) is 3.33. The smallest absolute Gasteiger partial charge is 0.0406 e. The lowest BCUT2D eigenvalue weighted by molar-refractivity contribution is 0.689. The second-order valence-electron chi connectivity index (χ2n) is 4.82. The van der Waals surface area contributed by atoms with Crippen LogP contribution in [0.2, 0.25) is 5.02 Å². The van der Waals surface area contributed by atoms with Crippen LogP contribution in [0, 0.1) is 0 Å². The molecule has 0 unspecified atom stereocenters. The lowest BCUT2D eigenvalue weighted by Gasteiger charge is -2.10. The lowest BCUT2D eigenvalue weighted by atomic mass is 10.00. The number of halogens is 1. The Balaban J connectivity index is 1.87. The number of benzene rings is 2. The largest absolute Gasteiger partial charge is 0.310 e. The average Bonchev–Trinajstić information content (AvgIpc) is 3.22. The van der Waals surface area contributed by atoms with E-state index in [0.29, 0.717) is 0 Å². The molecule has 0 saturated heterocycles. The molecule has 1 fully saturated rings. The highest BCUT2D eigenvalue weighted by molar-refractivity contribution is 6.30. The van der Waals surface area contributed by atoms with Gasteiger partial charge in [-0.3, -0.25) is 0 Å². The Morgan fingerprint density at radius 2 is 1.72 bits per heavy atom. The van der Waals surface area contributed by atoms with Gasteiger partial charge in [-0.25, -0.2) is 0 Å². The second kappa shape index (κ2) is 5.13. The van der Waals surface area contributed by atoms with Crippen LogP contribution in [0.15, 0.2) is 48.5 Å². The molecule has 1 aliphatic carbocycles. The van der Waals surface area contributed by atoms with Crippen LogP contribution in [0.25, 0.3) is 11.1 Å². The Bertz CT molecular complexity index is 529. The summed E-state index contributed by atoms with van der Waals surface area (Å²) in [7, 11) is 0. The fourth-order valence-corrected chi connectivity index (χ4v) is 2.25. The van der Waals surface area contributed by atoms with E-state index in [9.17, 15) is 0 Å². The summed E-state index contributed by atoms with van der Waals surface area (Å²) in [5, 5.41) is 4.35. The fraction of sp³-hybridized carbons (Fsp3) is 0.250. The van der Waals surface area contributed by atoms with Crippen LogP contribution >= 0.6 is 11.6 Å². The zero-order chi connectivity index (χ0) is 12.4. The molecule has 0 aromatic heterocycles. The summed E-state index contributed by atoms with van der Waals surface area (Å²) in [5.74, 6) is 0. The van der Waals surface area contributed by atoms with Crippen molar-refractivity contribution in [2.24, 2.45) is 0 Å². The summed E-state index contributed by atoms with van der Waals surface area (Å²) in [5.41, 5.74) is 3.88. The number of hydrogen-bond donors (Lipinski definition) is 1. The predicted molar refractivity (Wildman–Crippen MR) is 76.7 cm³/mol. The molecular formula is C16H16ClN. The van der Waals surface area contributed by atoms with Gasteiger partial charge in [0.1, 0.15) is 0 Å². The molecule has 1 N–H and O–H groups in total. The zero-order valence-corrected chi connectivity index (χ0v) is 11.0. The molecule has 2 aromatic rings. The predicted octanol–water partition coefficient (Wildman–Crippen LogP) is 4.26. The van der Waals surface area contributed by atoms with Gasteiger partial charge in [-0.15, -0.1) is 0 Å². The van der Waals surface area contributed by atoms with E-state index in [1.165, 1.54) is 29.5 Å². The number of nitrogens with one attached hydrogen (secondary N) is 1. The monoisotopic (exact) mass is 257 g/mol. The molecule has 0 amide bonds. The first-order valence-corrected chi connectivity index (χ1v) is 6.78. The standard InChI is InChI=1S/C16H16ClN/c17-14-7-5-12(6-8-14)16-4-2-1-3-13(16)11-18-15-9-10-15/h1-8,15,18H,9-11H2. The SMILES string of the molecule is Clc1ccc(-c2ccccc2CNC2CC2)cc1. The molecule has 0 radical (unpaired) electrons. The van der Waals surface area contributed by atoms with Crippen molar-refractivity contribution < 1.29 is 0 Å². The Morgan fingerprint density at radius 1 is 1.00 bits per heavy atom. The third kappa shape index (κ3) is 2.74. The van der Waals surface area contributed by atoms with E-state index in [1.54, 1.807) is 0 Å². The summed E-state index contributed by atoms with van der Waals surface area (Å²) in [4.78, 5) is 0. The Hall–Kier alpha value is -1.31. The Morgan fingerprint density at radius 3 is 2.44 bits per heavy atom. The van der Waals surface area contributed by atoms with Crippen molar-refractivity contribution in [3.05, 3.63) is 59.1 Å². The van der Waals surface area contributed by atoms with Gasteiger partial charge >= 0.3 is 0 Å². The molecule has 2 aromatic carbocycles. The van der Waals surface area contributed by atoms with Gasteiger partial charge in [0.2, 0.25) is 0 Å². The first kappa shape index (κ1) is 11.8. The fourth-order valence-electron chi connectivity index (χ4n) is 2.13. The van der Waals surface area contributed by atoms with Crippen molar-refractivity contribution in [3.8, 4) is 11.1 Å². The number of hydrogen-bond acceptors (Lipinski definition) is 1. The van der Waals surface area contributed by atoms with Crippen molar-refractivity contribution in [2.45, 2.75) is 25.4 Å². The molecule has 2 heteroatoms. The molecule has 1 aliphatic rings. The number of rotatable bonds is 4. The van der Waals surface area contributed by atoms with Gasteiger partial charge < -0.3 is 5.32 Å². The molecule has 0 heterocycles. The first-order valence-electron chi connectivity index (χ1n) is 6.40. The van der Waals surface area contributed by atoms with Crippen LogP contribution in [0.4, 0.5) is 0 Å². The van der Waals surface area contributed by atoms with Gasteiger partial charge in [-0.2, -0.15) is 0 Å². The highest BCUT2D eigenvalue weighted by Crippen LogP contribution is 2.26. The molecule has 1 nitrogen and oxygen atoms in total. The van der Waals surface area contributed by atoms with Crippen molar-refractivity contribution in [1.29, 1.82) is 0 Å². The molecule has 0 atom stereocenters. The van der Waals surface area contributed by atoms with E-state index in [4.69, 9.17) is 11.6 Å². The quantitative estimate of drug-likeness (QED) is 0.863. The third-order valence-corrected chi connectivity index (χ3v) is 3.58. The summed E-state index contributed by atoms with van der Waals surface area (Å²) < 4.78 is 0. The molecular weight excluding hydrogens is 242 g/mol. The van der Waals surface area contributed by atoms with Crippen LogP contribution in [0.1, 0.15) is 18.4 Å². The molecule has 1 saturated carbocycles. The first-order chi connectivity index (χ1) is 8.83. The van der Waals surface area contributed by atoms with Crippen LogP contribution in [-0.4, -0.2) is 6.04 Å². The second-order valence-corrected chi connectivity index (χ2v) is 5.26. The maximum atomic E-state index is 5.94. The van der Waals surface area contributed by atoms with Crippen LogP contribution < -0.4 is 5.32 Å². The molecule has 18 heavy (non-hydrogen) atoms. The van der Waals surface area contributed by atoms with Crippen molar-refractivity contribution in [2.75, 3.05) is 0 Å². The van der Waals surface area contributed by atoms with Gasteiger partial charge in [0, 0.05) is 17.6 Å². The van der Waals surface area contributed by atoms with Gasteiger partial charge in [0.25, 0.3) is 0 Å². The zero-order valence-electron chi connectivity index (χ0n) is 10.2. The van der Waals surface area contributed by atoms with E-state index in [1.807, 2.05) is 12.1 Å². The summed E-state index contributed by atoms with van der Waals surface area (Å²) >= 11 is 5.94. The summed E-state index contributed by atoms with van der Waals surface area (Å²) in [6.45, 7) is 0.948. The van der Waals surface area contributed by atoms with Gasteiger partial charge in [-0.05, 0) is 41.7 Å². The topological polar surface area (TPSA) is 12.0 Å². The molecule has 3 rings (SSSR count). The van der Waals surface area contributed by atoms with Crippen LogP contribution in [0.3, 0.4) is 0 Å². The average molecular weight is 258 g/mol. The molecule has 0 aliphatic heterocycles. The lowest BCUT2D eigenvalue weighted by Crippen LogP contribution is -2.15. The minimum atomic E-state index is 0.739. The maximum absolute atomic E-state index is 5.94. The van der Waals surface area contributed by atoms with Gasteiger partial charge in [0.05, 0.1) is 0 Å². The Kier molecular flexibility index (Phi) is 3.35. The van der Waals surface area contributed by atoms with Crippen molar-refractivity contribution >= 4 is 11.6 Å². The Labute approximate surface area is 113 Å². The minimum Gasteiger partial charge on any atom is -0.310 e. The van der Waals surface area contributed by atoms with Gasteiger partial charge in [-0.1, -0.05) is 48.0 Å². The van der Waals surface area contributed by atoms with Crippen molar-refractivity contribution in [1.82, 2.24) is 5.32 Å². The normalized spacial score (nSPS) is 14.7. The van der Waals surface area contributed by atoms with Crippen LogP contribution in [0.5, 0.6) is 0 Å². The van der Waals surface area contributed by atoms with E-state index in [2.05, 4.69) is 41.7 Å². The van der Waals surface area contributed by atoms with E-state index in [0.717, 1.165) is 17.6 Å². The molecule has 0 spiro atoms. The molecule has 92 valence electrons. The maximum Gasteiger partial charge on any atom is 0.0406 e. The van der Waals surface area contributed by atoms with Crippen LogP contribution in [-0.2, 0) is 6.54 Å².